The first kappa shape index (κ1) is 31.8. The molecule has 0 aliphatic carbocycles. The summed E-state index contributed by atoms with van der Waals surface area (Å²) in [6.07, 6.45) is 4.06. The van der Waals surface area contributed by atoms with Gasteiger partial charge in [0.2, 0.25) is 0 Å². The van der Waals surface area contributed by atoms with Crippen LogP contribution in [0.3, 0.4) is 0 Å². The van der Waals surface area contributed by atoms with Crippen LogP contribution in [0, 0.1) is 0 Å². The van der Waals surface area contributed by atoms with Gasteiger partial charge in [-0.3, -0.25) is 9.36 Å². The Morgan fingerprint density at radius 3 is 2.38 bits per heavy atom. The number of benzene rings is 4. The smallest absolute Gasteiger partial charge is 0.338 e. The summed E-state index contributed by atoms with van der Waals surface area (Å²) >= 11 is 4.87. The Kier molecular flexibility index (Phi) is 8.86. The SMILES string of the molecule is CCOC(=O)C1=C(c2ccccc2)N=c2s/c(=C\c3cn(Cc4ccc(Br)cc4)c4ccccc34)c(=O)n2[C@H]1c1ccc(C(C)C)cc1. The van der Waals surface area contributed by atoms with Gasteiger partial charge in [0.15, 0.2) is 4.80 Å². The fourth-order valence-corrected chi connectivity index (χ4v) is 7.52. The van der Waals surface area contributed by atoms with Gasteiger partial charge < -0.3 is 9.30 Å². The lowest BCUT2D eigenvalue weighted by Gasteiger charge is -2.26. The number of fused-ring (bicyclic) bond motifs is 2. The van der Waals surface area contributed by atoms with Gasteiger partial charge >= 0.3 is 5.97 Å². The molecule has 0 saturated carbocycles. The predicted molar refractivity (Wildman–Crippen MR) is 197 cm³/mol. The first-order valence-corrected chi connectivity index (χ1v) is 17.6. The summed E-state index contributed by atoms with van der Waals surface area (Å²) < 4.78 is 11.1. The second-order valence-electron chi connectivity index (χ2n) is 12.1. The summed E-state index contributed by atoms with van der Waals surface area (Å²) in [6.45, 7) is 6.98. The van der Waals surface area contributed by atoms with E-state index >= 15 is 0 Å². The maximum absolute atomic E-state index is 14.5. The van der Waals surface area contributed by atoms with E-state index in [4.69, 9.17) is 9.73 Å². The molecule has 6 nitrogen and oxygen atoms in total. The Hall–Kier alpha value is -4.79. The van der Waals surface area contributed by atoms with Crippen molar-refractivity contribution < 1.29 is 9.53 Å². The van der Waals surface area contributed by atoms with Crippen LogP contribution < -0.4 is 14.9 Å². The first-order valence-electron chi connectivity index (χ1n) is 16.0. The number of carbonyl (C=O) groups excluding carboxylic acids is 1. The molecule has 0 unspecified atom stereocenters. The van der Waals surface area contributed by atoms with Crippen LogP contribution in [-0.2, 0) is 16.1 Å². The molecule has 8 heteroatoms. The van der Waals surface area contributed by atoms with Gasteiger partial charge in [-0.1, -0.05) is 126 Å². The van der Waals surface area contributed by atoms with E-state index in [1.165, 1.54) is 22.5 Å². The summed E-state index contributed by atoms with van der Waals surface area (Å²) in [6, 6.07) is 33.7. The number of nitrogens with zero attached hydrogens (tertiary/aromatic N) is 3. The number of hydrogen-bond acceptors (Lipinski definition) is 5. The molecule has 48 heavy (non-hydrogen) atoms. The van der Waals surface area contributed by atoms with Gasteiger partial charge in [0.1, 0.15) is 0 Å². The molecule has 0 spiro atoms. The minimum Gasteiger partial charge on any atom is -0.463 e. The van der Waals surface area contributed by atoms with Crippen LogP contribution in [0.5, 0.6) is 0 Å². The van der Waals surface area contributed by atoms with Crippen LogP contribution in [-0.4, -0.2) is 21.7 Å². The van der Waals surface area contributed by atoms with Crippen molar-refractivity contribution in [1.29, 1.82) is 0 Å². The monoisotopic (exact) mass is 715 g/mol. The zero-order chi connectivity index (χ0) is 33.4. The van der Waals surface area contributed by atoms with E-state index < -0.39 is 12.0 Å². The van der Waals surface area contributed by atoms with E-state index in [-0.39, 0.29) is 12.2 Å². The van der Waals surface area contributed by atoms with Crippen LogP contribution in [0.1, 0.15) is 60.5 Å². The molecule has 1 aliphatic rings. The van der Waals surface area contributed by atoms with Crippen molar-refractivity contribution in [2.24, 2.45) is 4.99 Å². The number of carbonyl (C=O) groups is 1. The van der Waals surface area contributed by atoms with Crippen molar-refractivity contribution in [1.82, 2.24) is 9.13 Å². The second-order valence-corrected chi connectivity index (χ2v) is 14.0. The fraction of sp³-hybridized carbons (Fsp3) is 0.175. The lowest BCUT2D eigenvalue weighted by molar-refractivity contribution is -0.138. The molecular formula is C40H34BrN3O3S. The summed E-state index contributed by atoms with van der Waals surface area (Å²) in [5, 5.41) is 1.05. The van der Waals surface area contributed by atoms with E-state index in [0.29, 0.717) is 33.1 Å². The first-order chi connectivity index (χ1) is 23.3. The Bertz CT molecular complexity index is 2350. The minimum absolute atomic E-state index is 0.199. The van der Waals surface area contributed by atoms with Gasteiger partial charge in [-0.25, -0.2) is 9.79 Å². The Morgan fingerprint density at radius 1 is 0.958 bits per heavy atom. The number of halogens is 1. The van der Waals surface area contributed by atoms with Crippen molar-refractivity contribution in [3.8, 4) is 0 Å². The number of esters is 1. The highest BCUT2D eigenvalue weighted by Gasteiger charge is 2.35. The molecule has 2 aromatic heterocycles. The summed E-state index contributed by atoms with van der Waals surface area (Å²) in [4.78, 5) is 33.9. The van der Waals surface area contributed by atoms with Gasteiger partial charge in [0, 0.05) is 39.2 Å². The molecule has 6 aromatic rings. The van der Waals surface area contributed by atoms with E-state index in [0.717, 1.165) is 32.1 Å². The van der Waals surface area contributed by atoms with E-state index in [9.17, 15) is 9.59 Å². The van der Waals surface area contributed by atoms with Gasteiger partial charge in [-0.05, 0) is 53.8 Å². The number of hydrogen-bond donors (Lipinski definition) is 0. The van der Waals surface area contributed by atoms with Crippen LogP contribution in [0.15, 0.2) is 129 Å². The summed E-state index contributed by atoms with van der Waals surface area (Å²) in [5.41, 5.74) is 6.66. The number of rotatable bonds is 8. The standard InChI is InChI=1S/C40H34BrN3O3S/c1-4-47-39(46)35-36(28-10-6-5-7-11-28)42-40-44(37(35)29-18-16-27(17-19-29)25(2)3)38(45)34(48-40)22-30-24-43(33-13-9-8-12-32(30)33)23-26-14-20-31(41)21-15-26/h5-22,24-25,37H,4,23H2,1-3H3/b34-22-/t37-/m0/s1. The van der Waals surface area contributed by atoms with Gasteiger partial charge in [0.05, 0.1) is 28.5 Å². The number of aromatic nitrogens is 2. The van der Waals surface area contributed by atoms with Gasteiger partial charge in [-0.2, -0.15) is 0 Å². The third-order valence-corrected chi connectivity index (χ3v) is 10.2. The van der Waals surface area contributed by atoms with E-state index in [1.807, 2.05) is 72.8 Å². The third-order valence-electron chi connectivity index (χ3n) is 8.66. The zero-order valence-electron chi connectivity index (χ0n) is 26.9. The molecule has 0 bridgehead atoms. The summed E-state index contributed by atoms with van der Waals surface area (Å²) in [7, 11) is 0. The second kappa shape index (κ2) is 13.4. The minimum atomic E-state index is -0.711. The Labute approximate surface area is 291 Å². The average molecular weight is 717 g/mol. The topological polar surface area (TPSA) is 65.6 Å². The Balaban J connectivity index is 1.44. The highest BCUT2D eigenvalue weighted by molar-refractivity contribution is 9.10. The molecule has 0 saturated heterocycles. The fourth-order valence-electron chi connectivity index (χ4n) is 6.27. The van der Waals surface area contributed by atoms with Gasteiger partial charge in [0.25, 0.3) is 5.56 Å². The lowest BCUT2D eigenvalue weighted by atomic mass is 9.91. The molecule has 0 N–H and O–H groups in total. The predicted octanol–water partition coefficient (Wildman–Crippen LogP) is 7.82. The molecule has 240 valence electrons. The molecular weight excluding hydrogens is 682 g/mol. The molecule has 1 atom stereocenters. The van der Waals surface area contributed by atoms with Crippen LogP contribution in [0.4, 0.5) is 0 Å². The van der Waals surface area contributed by atoms with Gasteiger partial charge in [-0.15, -0.1) is 0 Å². The summed E-state index contributed by atoms with van der Waals surface area (Å²) in [5.74, 6) is -0.143. The lowest BCUT2D eigenvalue weighted by Crippen LogP contribution is -2.40. The van der Waals surface area contributed by atoms with Crippen molar-refractivity contribution in [2.75, 3.05) is 6.61 Å². The molecule has 0 fully saturated rings. The Morgan fingerprint density at radius 2 is 1.67 bits per heavy atom. The van der Waals surface area contributed by atoms with Crippen LogP contribution in [0.25, 0.3) is 22.7 Å². The highest BCUT2D eigenvalue weighted by Crippen LogP contribution is 2.35. The molecule has 1 aliphatic heterocycles. The van der Waals surface area contributed by atoms with Crippen molar-refractivity contribution in [3.63, 3.8) is 0 Å². The van der Waals surface area contributed by atoms with E-state index in [2.05, 4.69) is 76.9 Å². The molecule has 7 rings (SSSR count). The van der Waals surface area contributed by atoms with Crippen LogP contribution in [0.2, 0.25) is 0 Å². The molecule has 4 aromatic carbocycles. The maximum Gasteiger partial charge on any atom is 0.338 e. The maximum atomic E-state index is 14.5. The normalized spacial score (nSPS) is 14.8. The molecule has 0 amide bonds. The zero-order valence-corrected chi connectivity index (χ0v) is 29.3. The number of thiazole rings is 1. The quantitative estimate of drug-likeness (QED) is 0.151. The largest absolute Gasteiger partial charge is 0.463 e. The average Bonchev–Trinajstić information content (AvgIpc) is 3.61. The van der Waals surface area contributed by atoms with Crippen molar-refractivity contribution in [3.05, 3.63) is 167 Å². The molecule has 0 radical (unpaired) electrons. The van der Waals surface area contributed by atoms with Crippen LogP contribution >= 0.6 is 27.3 Å². The van der Waals surface area contributed by atoms with E-state index in [1.54, 1.807) is 11.5 Å². The number of para-hydroxylation sites is 1. The molecule has 3 heterocycles. The highest BCUT2D eigenvalue weighted by atomic mass is 79.9. The van der Waals surface area contributed by atoms with Crippen molar-refractivity contribution in [2.45, 2.75) is 39.3 Å². The van der Waals surface area contributed by atoms with Crippen molar-refractivity contribution >= 4 is 55.9 Å². The third kappa shape index (κ3) is 6.02. The number of ether oxygens (including phenoxy) is 1.